The van der Waals surface area contributed by atoms with Gasteiger partial charge in [-0.05, 0) is 31.0 Å². The zero-order valence-corrected chi connectivity index (χ0v) is 14.0. The predicted molar refractivity (Wildman–Crippen MR) is 100 cm³/mol. The number of pyridine rings is 2. The summed E-state index contributed by atoms with van der Waals surface area (Å²) < 4.78 is 5.59. The number of benzene rings is 1. The van der Waals surface area contributed by atoms with Crippen LogP contribution in [0.25, 0.3) is 21.8 Å². The fourth-order valence-corrected chi connectivity index (χ4v) is 3.29. The zero-order valence-electron chi connectivity index (χ0n) is 14.0. The van der Waals surface area contributed by atoms with Crippen LogP contribution in [0.2, 0.25) is 0 Å². The van der Waals surface area contributed by atoms with Gasteiger partial charge in [0.15, 0.2) is 0 Å². The van der Waals surface area contributed by atoms with Crippen LogP contribution >= 0.6 is 0 Å². The maximum atomic E-state index is 12.1. The van der Waals surface area contributed by atoms with Crippen LogP contribution < -0.4 is 16.2 Å². The minimum Gasteiger partial charge on any atom is -0.377 e. The molecule has 130 valence electrons. The van der Waals surface area contributed by atoms with E-state index < -0.39 is 0 Å². The lowest BCUT2D eigenvalue weighted by Gasteiger charge is -2.12. The molecule has 0 amide bonds. The van der Waals surface area contributed by atoms with Gasteiger partial charge in [-0.15, -0.1) is 0 Å². The molecule has 0 spiro atoms. The average molecular weight is 338 g/mol. The van der Waals surface area contributed by atoms with Crippen LogP contribution in [-0.2, 0) is 4.74 Å². The van der Waals surface area contributed by atoms with E-state index in [1.54, 1.807) is 0 Å². The maximum absolute atomic E-state index is 12.1. The van der Waals surface area contributed by atoms with Gasteiger partial charge in [-0.25, -0.2) is 4.98 Å². The number of ether oxygens (including phenoxy) is 1. The molecule has 0 radical (unpaired) electrons. The van der Waals surface area contributed by atoms with E-state index in [1.165, 1.54) is 6.42 Å². The topological polar surface area (TPSA) is 79.0 Å². The molecule has 3 aromatic rings. The van der Waals surface area contributed by atoms with E-state index in [4.69, 9.17) is 4.74 Å². The monoisotopic (exact) mass is 338 g/mol. The molecule has 3 heterocycles. The third-order valence-electron chi connectivity index (χ3n) is 4.57. The highest BCUT2D eigenvalue weighted by atomic mass is 16.5. The molecule has 6 nitrogen and oxygen atoms in total. The second kappa shape index (κ2) is 7.21. The molecule has 1 saturated heterocycles. The number of hydrogen-bond acceptors (Lipinski definition) is 5. The van der Waals surface area contributed by atoms with Gasteiger partial charge < -0.3 is 20.4 Å². The Balaban J connectivity index is 1.44. The summed E-state index contributed by atoms with van der Waals surface area (Å²) in [6.45, 7) is 3.43. The Labute approximate surface area is 145 Å². The molecule has 0 bridgehead atoms. The van der Waals surface area contributed by atoms with Gasteiger partial charge in [-0.2, -0.15) is 0 Å². The normalized spacial score (nSPS) is 17.4. The molecule has 4 rings (SSSR count). The average Bonchev–Trinajstić information content (AvgIpc) is 3.16. The van der Waals surface area contributed by atoms with Gasteiger partial charge in [0.25, 0.3) is 5.56 Å². The predicted octanol–water partition coefficient (Wildman–Crippen LogP) is 2.26. The van der Waals surface area contributed by atoms with Gasteiger partial charge >= 0.3 is 0 Å². The molecule has 0 aliphatic carbocycles. The fraction of sp³-hybridized carbons (Fsp3) is 0.368. The number of hydrogen-bond donors (Lipinski definition) is 3. The molecule has 1 aliphatic heterocycles. The Morgan fingerprint density at radius 2 is 2.04 bits per heavy atom. The zero-order chi connectivity index (χ0) is 17.1. The number of anilines is 1. The summed E-state index contributed by atoms with van der Waals surface area (Å²) >= 11 is 0. The lowest BCUT2D eigenvalue weighted by atomic mass is 10.1. The minimum absolute atomic E-state index is 0.0797. The molecule has 1 fully saturated rings. The van der Waals surface area contributed by atoms with E-state index in [1.807, 2.05) is 36.4 Å². The molecule has 25 heavy (non-hydrogen) atoms. The van der Waals surface area contributed by atoms with Crippen LogP contribution in [-0.4, -0.2) is 42.3 Å². The number of aromatic nitrogens is 2. The first-order valence-corrected chi connectivity index (χ1v) is 8.79. The lowest BCUT2D eigenvalue weighted by molar-refractivity contribution is 0.110. The first-order chi connectivity index (χ1) is 12.3. The van der Waals surface area contributed by atoms with E-state index in [0.717, 1.165) is 54.9 Å². The van der Waals surface area contributed by atoms with Crippen LogP contribution in [0.15, 0.2) is 41.2 Å². The van der Waals surface area contributed by atoms with Crippen molar-refractivity contribution >= 4 is 27.6 Å². The van der Waals surface area contributed by atoms with Gasteiger partial charge in [0.1, 0.15) is 5.82 Å². The number of aromatic amines is 1. The van der Waals surface area contributed by atoms with E-state index in [-0.39, 0.29) is 5.56 Å². The molecule has 2 aromatic heterocycles. The number of fused-ring (bicyclic) bond motifs is 3. The second-order valence-corrected chi connectivity index (χ2v) is 6.36. The van der Waals surface area contributed by atoms with Gasteiger partial charge in [0.2, 0.25) is 0 Å². The van der Waals surface area contributed by atoms with Crippen molar-refractivity contribution in [3.8, 4) is 0 Å². The molecule has 1 aromatic carbocycles. The highest BCUT2D eigenvalue weighted by Crippen LogP contribution is 2.20. The molecule has 1 atom stereocenters. The molecular formula is C19H22N4O2. The van der Waals surface area contributed by atoms with E-state index in [9.17, 15) is 4.79 Å². The highest BCUT2D eigenvalue weighted by molar-refractivity contribution is 6.03. The minimum atomic E-state index is -0.0797. The van der Waals surface area contributed by atoms with Crippen LogP contribution in [0, 0.1) is 0 Å². The Hall–Kier alpha value is -2.44. The highest BCUT2D eigenvalue weighted by Gasteiger charge is 2.14. The molecule has 1 unspecified atom stereocenters. The third-order valence-corrected chi connectivity index (χ3v) is 4.57. The van der Waals surface area contributed by atoms with Crippen molar-refractivity contribution in [2.75, 3.05) is 31.6 Å². The van der Waals surface area contributed by atoms with E-state index in [2.05, 4.69) is 20.6 Å². The van der Waals surface area contributed by atoms with Gasteiger partial charge in [-0.3, -0.25) is 4.79 Å². The number of rotatable bonds is 6. The van der Waals surface area contributed by atoms with E-state index in [0.29, 0.717) is 11.5 Å². The Kier molecular flexibility index (Phi) is 4.63. The number of H-pyrrole nitrogens is 1. The smallest absolute Gasteiger partial charge is 0.256 e. The van der Waals surface area contributed by atoms with Crippen LogP contribution in [0.1, 0.15) is 12.8 Å². The summed E-state index contributed by atoms with van der Waals surface area (Å²) in [7, 11) is 0. The van der Waals surface area contributed by atoms with Gasteiger partial charge in [0, 0.05) is 37.0 Å². The molecule has 1 aliphatic rings. The van der Waals surface area contributed by atoms with Crippen molar-refractivity contribution in [2.24, 2.45) is 0 Å². The lowest BCUT2D eigenvalue weighted by Crippen LogP contribution is -2.30. The fourth-order valence-electron chi connectivity index (χ4n) is 3.29. The second-order valence-electron chi connectivity index (χ2n) is 6.36. The van der Waals surface area contributed by atoms with Crippen molar-refractivity contribution in [3.05, 3.63) is 46.8 Å². The van der Waals surface area contributed by atoms with Gasteiger partial charge in [-0.1, -0.05) is 18.2 Å². The Bertz CT molecular complexity index is 931. The van der Waals surface area contributed by atoms with Crippen LogP contribution in [0.3, 0.4) is 0 Å². The Morgan fingerprint density at radius 3 is 2.88 bits per heavy atom. The van der Waals surface area contributed by atoms with Crippen molar-refractivity contribution < 1.29 is 4.74 Å². The van der Waals surface area contributed by atoms with Gasteiger partial charge in [0.05, 0.1) is 17.1 Å². The standard InChI is InChI=1S/C19H22N4O2/c24-19-15-6-2-1-5-14(15)18-16(22-19)7-8-17(23-18)21-10-9-20-12-13-4-3-11-25-13/h1-2,5-8,13,20H,3-4,9-12H2,(H,21,23)(H,22,24). The molecule has 6 heteroatoms. The maximum Gasteiger partial charge on any atom is 0.256 e. The third kappa shape index (κ3) is 3.50. The van der Waals surface area contributed by atoms with Crippen LogP contribution in [0.4, 0.5) is 5.82 Å². The SMILES string of the molecule is O=c1[nH]c2ccc(NCCNCC3CCCO3)nc2c2ccccc12. The largest absolute Gasteiger partial charge is 0.377 e. The summed E-state index contributed by atoms with van der Waals surface area (Å²) in [6.07, 6.45) is 2.68. The van der Waals surface area contributed by atoms with E-state index >= 15 is 0 Å². The summed E-state index contributed by atoms with van der Waals surface area (Å²) in [4.78, 5) is 19.7. The quantitative estimate of drug-likeness (QED) is 0.475. The first kappa shape index (κ1) is 16.1. The van der Waals surface area contributed by atoms with Crippen molar-refractivity contribution in [2.45, 2.75) is 18.9 Å². The summed E-state index contributed by atoms with van der Waals surface area (Å²) in [5, 5.41) is 8.29. The van der Waals surface area contributed by atoms with Crippen molar-refractivity contribution in [1.29, 1.82) is 0 Å². The Morgan fingerprint density at radius 1 is 1.16 bits per heavy atom. The van der Waals surface area contributed by atoms with Crippen LogP contribution in [0.5, 0.6) is 0 Å². The molecule has 0 saturated carbocycles. The summed E-state index contributed by atoms with van der Waals surface area (Å²) in [6, 6.07) is 11.4. The summed E-state index contributed by atoms with van der Waals surface area (Å²) in [5.74, 6) is 0.809. The molecule has 3 N–H and O–H groups in total. The molecular weight excluding hydrogens is 316 g/mol. The summed E-state index contributed by atoms with van der Waals surface area (Å²) in [5.41, 5.74) is 1.49. The first-order valence-electron chi connectivity index (χ1n) is 8.79. The number of nitrogens with one attached hydrogen (secondary N) is 3. The number of nitrogens with zero attached hydrogens (tertiary/aromatic N) is 1. The van der Waals surface area contributed by atoms with Crippen molar-refractivity contribution in [3.63, 3.8) is 0 Å². The van der Waals surface area contributed by atoms with Crippen molar-refractivity contribution in [1.82, 2.24) is 15.3 Å².